The SMILES string of the molecule is CCOCCNC(=O)Nc1ccccc1OC(F)F. The van der Waals surface area contributed by atoms with Crippen molar-refractivity contribution in [2.24, 2.45) is 0 Å². The van der Waals surface area contributed by atoms with Gasteiger partial charge in [0, 0.05) is 13.2 Å². The molecule has 0 fully saturated rings. The number of urea groups is 1. The molecule has 0 aliphatic heterocycles. The molecule has 106 valence electrons. The van der Waals surface area contributed by atoms with Gasteiger partial charge in [-0.05, 0) is 19.1 Å². The maximum Gasteiger partial charge on any atom is 0.387 e. The van der Waals surface area contributed by atoms with E-state index in [1.54, 1.807) is 6.07 Å². The van der Waals surface area contributed by atoms with Crippen LogP contribution < -0.4 is 15.4 Å². The summed E-state index contributed by atoms with van der Waals surface area (Å²) in [5.74, 6) is -0.0857. The average Bonchev–Trinajstić information content (AvgIpc) is 2.36. The first-order valence-electron chi connectivity index (χ1n) is 5.80. The number of hydrogen-bond donors (Lipinski definition) is 2. The molecule has 0 aromatic heterocycles. The summed E-state index contributed by atoms with van der Waals surface area (Å²) in [6.45, 7) is 0.187. The summed E-state index contributed by atoms with van der Waals surface area (Å²) in [6, 6.07) is 5.45. The van der Waals surface area contributed by atoms with Crippen LogP contribution >= 0.6 is 0 Å². The second-order valence-electron chi connectivity index (χ2n) is 3.45. The summed E-state index contributed by atoms with van der Waals surface area (Å²) in [5.41, 5.74) is 0.178. The van der Waals surface area contributed by atoms with E-state index in [1.807, 2.05) is 6.92 Å². The van der Waals surface area contributed by atoms with Gasteiger partial charge in [0.05, 0.1) is 12.3 Å². The molecule has 1 aromatic rings. The first kappa shape index (κ1) is 15.2. The van der Waals surface area contributed by atoms with Crippen molar-refractivity contribution in [3.63, 3.8) is 0 Å². The fourth-order valence-electron chi connectivity index (χ4n) is 1.32. The summed E-state index contributed by atoms with van der Waals surface area (Å²) in [4.78, 5) is 11.5. The fourth-order valence-corrected chi connectivity index (χ4v) is 1.32. The Kier molecular flexibility index (Phi) is 6.59. The molecular formula is C12H16F2N2O3. The van der Waals surface area contributed by atoms with Gasteiger partial charge in [-0.25, -0.2) is 4.79 Å². The highest BCUT2D eigenvalue weighted by molar-refractivity contribution is 5.90. The van der Waals surface area contributed by atoms with Gasteiger partial charge in [0.1, 0.15) is 5.75 Å². The van der Waals surface area contributed by atoms with Crippen molar-refractivity contribution in [1.29, 1.82) is 0 Å². The highest BCUT2D eigenvalue weighted by Crippen LogP contribution is 2.25. The minimum absolute atomic E-state index is 0.0857. The number of carbonyl (C=O) groups excluding carboxylic acids is 1. The number of ether oxygens (including phenoxy) is 2. The second-order valence-corrected chi connectivity index (χ2v) is 3.45. The third-order valence-corrected chi connectivity index (χ3v) is 2.09. The lowest BCUT2D eigenvalue weighted by molar-refractivity contribution is -0.0493. The van der Waals surface area contributed by atoms with Crippen molar-refractivity contribution < 1.29 is 23.0 Å². The number of anilines is 1. The molecule has 1 rings (SSSR count). The van der Waals surface area contributed by atoms with Crippen LogP contribution in [0.15, 0.2) is 24.3 Å². The Balaban J connectivity index is 2.49. The van der Waals surface area contributed by atoms with Crippen molar-refractivity contribution in [2.75, 3.05) is 25.1 Å². The Morgan fingerprint density at radius 1 is 1.37 bits per heavy atom. The van der Waals surface area contributed by atoms with Crippen molar-refractivity contribution in [3.05, 3.63) is 24.3 Å². The van der Waals surface area contributed by atoms with E-state index in [2.05, 4.69) is 15.4 Å². The summed E-state index contributed by atoms with van der Waals surface area (Å²) in [6.07, 6.45) is 0. The summed E-state index contributed by atoms with van der Waals surface area (Å²) in [5, 5.41) is 4.96. The lowest BCUT2D eigenvalue weighted by Crippen LogP contribution is -2.31. The zero-order valence-electron chi connectivity index (χ0n) is 10.5. The number of benzene rings is 1. The summed E-state index contributed by atoms with van der Waals surface area (Å²) < 4.78 is 33.6. The molecule has 0 saturated heterocycles. The van der Waals surface area contributed by atoms with Crippen LogP contribution in [-0.4, -0.2) is 32.4 Å². The predicted molar refractivity (Wildman–Crippen MR) is 66.6 cm³/mol. The normalized spacial score (nSPS) is 10.3. The Bertz CT molecular complexity index is 402. The first-order valence-corrected chi connectivity index (χ1v) is 5.80. The molecule has 0 spiro atoms. The molecule has 5 nitrogen and oxygen atoms in total. The fraction of sp³-hybridized carbons (Fsp3) is 0.417. The molecule has 0 radical (unpaired) electrons. The van der Waals surface area contributed by atoms with Gasteiger partial charge < -0.3 is 20.1 Å². The van der Waals surface area contributed by atoms with Crippen LogP contribution in [0.4, 0.5) is 19.3 Å². The van der Waals surface area contributed by atoms with Crippen molar-refractivity contribution >= 4 is 11.7 Å². The van der Waals surface area contributed by atoms with E-state index in [4.69, 9.17) is 4.74 Å². The van der Waals surface area contributed by atoms with Gasteiger partial charge >= 0.3 is 12.6 Å². The summed E-state index contributed by atoms with van der Waals surface area (Å²) in [7, 11) is 0. The van der Waals surface area contributed by atoms with Crippen molar-refractivity contribution in [2.45, 2.75) is 13.5 Å². The van der Waals surface area contributed by atoms with Crippen molar-refractivity contribution in [3.8, 4) is 5.75 Å². The molecule has 1 aromatic carbocycles. The van der Waals surface area contributed by atoms with Gasteiger partial charge in [-0.1, -0.05) is 12.1 Å². The van der Waals surface area contributed by atoms with Crippen LogP contribution in [-0.2, 0) is 4.74 Å². The van der Waals surface area contributed by atoms with Gasteiger partial charge in [0.25, 0.3) is 0 Å². The van der Waals surface area contributed by atoms with E-state index in [0.717, 1.165) is 0 Å². The van der Waals surface area contributed by atoms with Gasteiger partial charge in [-0.2, -0.15) is 8.78 Å². The lowest BCUT2D eigenvalue weighted by atomic mass is 10.3. The molecule has 0 aliphatic rings. The molecule has 2 amide bonds. The van der Waals surface area contributed by atoms with Crippen LogP contribution in [0.5, 0.6) is 5.75 Å². The smallest absolute Gasteiger partial charge is 0.387 e. The molecule has 2 N–H and O–H groups in total. The van der Waals surface area contributed by atoms with Gasteiger partial charge in [0.2, 0.25) is 0 Å². The van der Waals surface area contributed by atoms with E-state index in [1.165, 1.54) is 18.2 Å². The van der Waals surface area contributed by atoms with E-state index < -0.39 is 12.6 Å². The number of rotatable bonds is 7. The minimum atomic E-state index is -2.94. The average molecular weight is 274 g/mol. The molecule has 19 heavy (non-hydrogen) atoms. The van der Waals surface area contributed by atoms with Gasteiger partial charge in [-0.3, -0.25) is 0 Å². The topological polar surface area (TPSA) is 59.6 Å². The minimum Gasteiger partial charge on any atom is -0.433 e. The number of alkyl halides is 2. The van der Waals surface area contributed by atoms with Gasteiger partial charge in [-0.15, -0.1) is 0 Å². The van der Waals surface area contributed by atoms with E-state index >= 15 is 0 Å². The van der Waals surface area contributed by atoms with Gasteiger partial charge in [0.15, 0.2) is 0 Å². The zero-order chi connectivity index (χ0) is 14.1. The maximum atomic E-state index is 12.2. The predicted octanol–water partition coefficient (Wildman–Crippen LogP) is 2.45. The molecule has 0 bridgehead atoms. The highest BCUT2D eigenvalue weighted by atomic mass is 19.3. The number of hydrogen-bond acceptors (Lipinski definition) is 3. The number of halogens is 2. The lowest BCUT2D eigenvalue weighted by Gasteiger charge is -2.12. The largest absolute Gasteiger partial charge is 0.433 e. The van der Waals surface area contributed by atoms with E-state index in [9.17, 15) is 13.6 Å². The molecule has 0 heterocycles. The van der Waals surface area contributed by atoms with E-state index in [0.29, 0.717) is 19.8 Å². The Morgan fingerprint density at radius 2 is 2.11 bits per heavy atom. The number of para-hydroxylation sites is 2. The Morgan fingerprint density at radius 3 is 2.79 bits per heavy atom. The number of amides is 2. The van der Waals surface area contributed by atoms with Crippen LogP contribution in [0.25, 0.3) is 0 Å². The highest BCUT2D eigenvalue weighted by Gasteiger charge is 2.10. The van der Waals surface area contributed by atoms with Crippen LogP contribution in [0.2, 0.25) is 0 Å². The Labute approximate surface area is 109 Å². The molecule has 0 unspecified atom stereocenters. The zero-order valence-corrected chi connectivity index (χ0v) is 10.5. The van der Waals surface area contributed by atoms with Crippen LogP contribution in [0, 0.1) is 0 Å². The van der Waals surface area contributed by atoms with E-state index in [-0.39, 0.29) is 11.4 Å². The standard InChI is InChI=1S/C12H16F2N2O3/c1-2-18-8-7-15-12(17)16-9-5-3-4-6-10(9)19-11(13)14/h3-6,11H,2,7-8H2,1H3,(H2,15,16,17). The molecule has 7 heteroatoms. The molecule has 0 atom stereocenters. The second kappa shape index (κ2) is 8.25. The quantitative estimate of drug-likeness (QED) is 0.751. The molecular weight excluding hydrogens is 258 g/mol. The number of carbonyl (C=O) groups is 1. The van der Waals surface area contributed by atoms with Crippen molar-refractivity contribution in [1.82, 2.24) is 5.32 Å². The molecule has 0 aliphatic carbocycles. The summed E-state index contributed by atoms with van der Waals surface area (Å²) >= 11 is 0. The van der Waals surface area contributed by atoms with Crippen LogP contribution in [0.3, 0.4) is 0 Å². The maximum absolute atomic E-state index is 12.2. The van der Waals surface area contributed by atoms with Crippen LogP contribution in [0.1, 0.15) is 6.92 Å². The Hall–Kier alpha value is -1.89. The molecule has 0 saturated carbocycles. The monoisotopic (exact) mass is 274 g/mol. The third-order valence-electron chi connectivity index (χ3n) is 2.09. The first-order chi connectivity index (χ1) is 9.13. The number of nitrogens with one attached hydrogen (secondary N) is 2. The third kappa shape index (κ3) is 6.01.